The van der Waals surface area contributed by atoms with Crippen LogP contribution in [-0.2, 0) is 0 Å². The molecule has 0 radical (unpaired) electrons. The maximum Gasteiger partial charge on any atom is 0.0410 e. The molecule has 1 atom stereocenters. The van der Waals surface area contributed by atoms with E-state index in [0.29, 0.717) is 6.04 Å². The van der Waals surface area contributed by atoms with Gasteiger partial charge in [-0.2, -0.15) is 0 Å². The normalized spacial score (nSPS) is 21.0. The zero-order valence-corrected chi connectivity index (χ0v) is 16.5. The standard InChI is InChI=1S/C16H22BrClN2.2ClH/c17-15-6-5-13(18)11-14(15)16(12-3-1-2-4-12)20-9-7-19-8-10-20;;/h5-6,11-12,16,19H,1-4,7-10H2;2*1H/t16-;;/m0../s1. The van der Waals surface area contributed by atoms with Crippen LogP contribution in [0.3, 0.4) is 0 Å². The van der Waals surface area contributed by atoms with Crippen LogP contribution in [0.2, 0.25) is 5.02 Å². The third-order valence-corrected chi connectivity index (χ3v) is 5.63. The monoisotopic (exact) mass is 428 g/mol. The van der Waals surface area contributed by atoms with Crippen molar-refractivity contribution in [1.29, 1.82) is 0 Å². The van der Waals surface area contributed by atoms with Crippen LogP contribution >= 0.6 is 52.3 Å². The lowest BCUT2D eigenvalue weighted by atomic mass is 9.89. The van der Waals surface area contributed by atoms with Gasteiger partial charge in [-0.1, -0.05) is 40.4 Å². The van der Waals surface area contributed by atoms with E-state index in [9.17, 15) is 0 Å². The molecule has 126 valence electrons. The van der Waals surface area contributed by atoms with Gasteiger partial charge in [0.25, 0.3) is 0 Å². The third kappa shape index (κ3) is 4.75. The summed E-state index contributed by atoms with van der Waals surface area (Å²) in [4.78, 5) is 2.66. The predicted octanol–water partition coefficient (Wildman–Crippen LogP) is 5.08. The smallest absolute Gasteiger partial charge is 0.0410 e. The molecule has 2 nitrogen and oxygen atoms in total. The molecule has 1 aliphatic heterocycles. The second-order valence-corrected chi connectivity index (χ2v) is 7.23. The number of piperazine rings is 1. The van der Waals surface area contributed by atoms with Gasteiger partial charge in [0.15, 0.2) is 0 Å². The SMILES string of the molecule is Cl.Cl.Clc1ccc(Br)c([C@H](C2CCCC2)N2CCNCC2)c1. The van der Waals surface area contributed by atoms with Crippen LogP contribution in [0.25, 0.3) is 0 Å². The Labute approximate surface area is 159 Å². The van der Waals surface area contributed by atoms with Crippen molar-refractivity contribution in [3.8, 4) is 0 Å². The molecular formula is C16H24BrCl3N2. The number of hydrogen-bond donors (Lipinski definition) is 1. The molecule has 0 amide bonds. The lowest BCUT2D eigenvalue weighted by Gasteiger charge is -2.39. The molecule has 1 aromatic carbocycles. The molecule has 2 aliphatic rings. The number of rotatable bonds is 3. The first-order valence-corrected chi connectivity index (χ1v) is 8.82. The molecule has 1 aromatic rings. The summed E-state index contributed by atoms with van der Waals surface area (Å²) in [5, 5.41) is 4.31. The topological polar surface area (TPSA) is 15.3 Å². The Hall–Kier alpha value is 0.490. The van der Waals surface area contributed by atoms with Crippen molar-refractivity contribution in [2.45, 2.75) is 31.7 Å². The Kier molecular flexibility index (Phi) is 9.06. The Morgan fingerprint density at radius 1 is 1.14 bits per heavy atom. The van der Waals surface area contributed by atoms with Crippen LogP contribution < -0.4 is 5.32 Å². The fourth-order valence-corrected chi connectivity index (χ4v) is 4.39. The maximum atomic E-state index is 6.25. The lowest BCUT2D eigenvalue weighted by molar-refractivity contribution is 0.125. The second kappa shape index (κ2) is 9.71. The van der Waals surface area contributed by atoms with Gasteiger partial charge in [-0.3, -0.25) is 4.90 Å². The Morgan fingerprint density at radius 3 is 2.41 bits per heavy atom. The second-order valence-electron chi connectivity index (χ2n) is 5.94. The van der Waals surface area contributed by atoms with E-state index in [-0.39, 0.29) is 24.8 Å². The van der Waals surface area contributed by atoms with Crippen molar-refractivity contribution in [2.24, 2.45) is 5.92 Å². The molecule has 1 aliphatic carbocycles. The van der Waals surface area contributed by atoms with Gasteiger partial charge in [0.05, 0.1) is 0 Å². The minimum Gasteiger partial charge on any atom is -0.314 e. The van der Waals surface area contributed by atoms with Crippen LogP contribution in [0.15, 0.2) is 22.7 Å². The first-order chi connectivity index (χ1) is 9.75. The van der Waals surface area contributed by atoms with E-state index in [1.807, 2.05) is 6.07 Å². The fraction of sp³-hybridized carbons (Fsp3) is 0.625. The van der Waals surface area contributed by atoms with Crippen molar-refractivity contribution in [1.82, 2.24) is 10.2 Å². The highest BCUT2D eigenvalue weighted by atomic mass is 79.9. The molecule has 1 saturated carbocycles. The average molecular weight is 431 g/mol. The molecule has 0 unspecified atom stereocenters. The van der Waals surface area contributed by atoms with Crippen LogP contribution in [0.5, 0.6) is 0 Å². The molecule has 0 aromatic heterocycles. The first kappa shape index (κ1) is 20.5. The lowest BCUT2D eigenvalue weighted by Crippen LogP contribution is -2.46. The molecule has 0 bridgehead atoms. The Balaban J connectivity index is 0.00000121. The quantitative estimate of drug-likeness (QED) is 0.719. The van der Waals surface area contributed by atoms with Crippen molar-refractivity contribution < 1.29 is 0 Å². The molecule has 3 rings (SSSR count). The molecule has 1 N–H and O–H groups in total. The van der Waals surface area contributed by atoms with Crippen LogP contribution in [0.4, 0.5) is 0 Å². The van der Waals surface area contributed by atoms with Crippen molar-refractivity contribution >= 4 is 52.3 Å². The molecular weight excluding hydrogens is 406 g/mol. The molecule has 2 fully saturated rings. The van der Waals surface area contributed by atoms with E-state index >= 15 is 0 Å². The van der Waals surface area contributed by atoms with Crippen LogP contribution in [-0.4, -0.2) is 31.1 Å². The van der Waals surface area contributed by atoms with Crippen molar-refractivity contribution in [2.75, 3.05) is 26.2 Å². The minimum absolute atomic E-state index is 0. The van der Waals surface area contributed by atoms with Gasteiger partial charge < -0.3 is 5.32 Å². The highest BCUT2D eigenvalue weighted by Crippen LogP contribution is 2.42. The van der Waals surface area contributed by atoms with Crippen molar-refractivity contribution in [3.05, 3.63) is 33.3 Å². The number of nitrogens with one attached hydrogen (secondary N) is 1. The summed E-state index contributed by atoms with van der Waals surface area (Å²) >= 11 is 10.00. The van der Waals surface area contributed by atoms with Crippen molar-refractivity contribution in [3.63, 3.8) is 0 Å². The van der Waals surface area contributed by atoms with Gasteiger partial charge in [-0.25, -0.2) is 0 Å². The zero-order valence-electron chi connectivity index (χ0n) is 12.6. The van der Waals surface area contributed by atoms with Gasteiger partial charge in [-0.05, 0) is 42.5 Å². The number of benzene rings is 1. The van der Waals surface area contributed by atoms with Gasteiger partial charge in [0.2, 0.25) is 0 Å². The van der Waals surface area contributed by atoms with E-state index in [4.69, 9.17) is 11.6 Å². The molecule has 6 heteroatoms. The molecule has 1 saturated heterocycles. The largest absolute Gasteiger partial charge is 0.314 e. The fourth-order valence-electron chi connectivity index (χ4n) is 3.72. The molecule has 22 heavy (non-hydrogen) atoms. The zero-order chi connectivity index (χ0) is 13.9. The van der Waals surface area contributed by atoms with Crippen LogP contribution in [0.1, 0.15) is 37.3 Å². The third-order valence-electron chi connectivity index (χ3n) is 4.67. The van der Waals surface area contributed by atoms with E-state index < -0.39 is 0 Å². The van der Waals surface area contributed by atoms with Gasteiger partial charge >= 0.3 is 0 Å². The van der Waals surface area contributed by atoms with Crippen LogP contribution in [0, 0.1) is 5.92 Å². The summed E-state index contributed by atoms with van der Waals surface area (Å²) in [5.74, 6) is 0.780. The summed E-state index contributed by atoms with van der Waals surface area (Å²) in [6.45, 7) is 4.48. The molecule has 1 heterocycles. The Bertz CT molecular complexity index is 461. The summed E-state index contributed by atoms with van der Waals surface area (Å²) in [6, 6.07) is 6.75. The summed E-state index contributed by atoms with van der Waals surface area (Å²) in [7, 11) is 0. The van der Waals surface area contributed by atoms with Gasteiger partial charge in [0, 0.05) is 41.7 Å². The highest BCUT2D eigenvalue weighted by molar-refractivity contribution is 9.10. The predicted molar refractivity (Wildman–Crippen MR) is 103 cm³/mol. The van der Waals surface area contributed by atoms with E-state index in [2.05, 4.69) is 38.3 Å². The summed E-state index contributed by atoms with van der Waals surface area (Å²) < 4.78 is 1.21. The maximum absolute atomic E-state index is 6.25. The minimum atomic E-state index is 0. The van der Waals surface area contributed by atoms with E-state index in [1.165, 1.54) is 35.7 Å². The molecule has 0 spiro atoms. The van der Waals surface area contributed by atoms with E-state index in [0.717, 1.165) is 37.1 Å². The highest BCUT2D eigenvalue weighted by Gasteiger charge is 2.32. The van der Waals surface area contributed by atoms with E-state index in [1.54, 1.807) is 0 Å². The summed E-state index contributed by atoms with van der Waals surface area (Å²) in [6.07, 6.45) is 5.47. The number of hydrogen-bond acceptors (Lipinski definition) is 2. The number of nitrogens with zero attached hydrogens (tertiary/aromatic N) is 1. The average Bonchev–Trinajstić information content (AvgIpc) is 2.98. The Morgan fingerprint density at radius 2 is 1.77 bits per heavy atom. The van der Waals surface area contributed by atoms with Gasteiger partial charge in [0.1, 0.15) is 0 Å². The first-order valence-electron chi connectivity index (χ1n) is 7.65. The van der Waals surface area contributed by atoms with Gasteiger partial charge in [-0.15, -0.1) is 24.8 Å². The number of halogens is 4. The summed E-state index contributed by atoms with van der Waals surface area (Å²) in [5.41, 5.74) is 1.38.